The third kappa shape index (κ3) is 5.09. The highest BCUT2D eigenvalue weighted by atomic mass is 15.1. The number of para-hydroxylation sites is 4. The van der Waals surface area contributed by atoms with Crippen molar-refractivity contribution >= 4 is 65.4 Å². The summed E-state index contributed by atoms with van der Waals surface area (Å²) in [5.74, 6) is 0.807. The summed E-state index contributed by atoms with van der Waals surface area (Å²) in [4.78, 5) is 10.8. The second-order valence-corrected chi connectivity index (χ2v) is 15.0. The normalized spacial score (nSPS) is 11.8. The van der Waals surface area contributed by atoms with Gasteiger partial charge in [0.15, 0.2) is 5.82 Å². The van der Waals surface area contributed by atoms with E-state index in [1.54, 1.807) is 0 Å². The summed E-state index contributed by atoms with van der Waals surface area (Å²) in [7, 11) is 0. The highest BCUT2D eigenvalue weighted by Gasteiger charge is 2.21. The van der Waals surface area contributed by atoms with E-state index in [4.69, 9.17) is 9.97 Å². The maximum Gasteiger partial charge on any atom is 0.165 e. The standard InChI is InChI=1S/C54H34N4/c1-3-14-35(15-4-1)36-18-13-19-41(30-36)53-54(56-48-24-11-10-23-47(48)55-53)58-51-29-27-40(33-45(51)46-31-37-16-7-8-17-38(37)34-52(46)58)39-26-28-50-44(32-39)43-22-9-12-25-49(43)57(50)42-20-5-2-6-21-42/h1-34H. The number of hydrogen-bond acceptors (Lipinski definition) is 2. The Morgan fingerprint density at radius 1 is 0.293 bits per heavy atom. The van der Waals surface area contributed by atoms with E-state index in [9.17, 15) is 0 Å². The van der Waals surface area contributed by atoms with Gasteiger partial charge in [-0.2, -0.15) is 0 Å². The summed E-state index contributed by atoms with van der Waals surface area (Å²) in [6.07, 6.45) is 0. The average Bonchev–Trinajstić information content (AvgIpc) is 3.79. The molecule has 0 amide bonds. The van der Waals surface area contributed by atoms with Crippen LogP contribution < -0.4 is 0 Å². The Kier molecular flexibility index (Phi) is 7.20. The van der Waals surface area contributed by atoms with Crippen molar-refractivity contribution in [2.24, 2.45) is 0 Å². The summed E-state index contributed by atoms with van der Waals surface area (Å²) < 4.78 is 4.70. The lowest BCUT2D eigenvalue weighted by Crippen LogP contribution is -2.03. The van der Waals surface area contributed by atoms with Crippen LogP contribution >= 0.6 is 0 Å². The predicted octanol–water partition coefficient (Wildman–Crippen LogP) is 14.0. The first-order valence-corrected chi connectivity index (χ1v) is 19.7. The van der Waals surface area contributed by atoms with Gasteiger partial charge in [-0.3, -0.25) is 4.57 Å². The van der Waals surface area contributed by atoms with Gasteiger partial charge in [0.1, 0.15) is 5.69 Å². The molecule has 0 saturated heterocycles. The molecule has 4 heteroatoms. The van der Waals surface area contributed by atoms with Crippen LogP contribution in [0, 0.1) is 0 Å². The van der Waals surface area contributed by atoms with E-state index < -0.39 is 0 Å². The molecule has 0 radical (unpaired) electrons. The van der Waals surface area contributed by atoms with Gasteiger partial charge >= 0.3 is 0 Å². The van der Waals surface area contributed by atoms with Gasteiger partial charge in [-0.1, -0.05) is 133 Å². The van der Waals surface area contributed by atoms with Gasteiger partial charge < -0.3 is 4.57 Å². The lowest BCUT2D eigenvalue weighted by atomic mass is 10.00. The van der Waals surface area contributed by atoms with Crippen LogP contribution in [0.3, 0.4) is 0 Å². The molecule has 9 aromatic carbocycles. The molecule has 0 spiro atoms. The molecular formula is C54H34N4. The second-order valence-electron chi connectivity index (χ2n) is 15.0. The molecule has 0 saturated carbocycles. The van der Waals surface area contributed by atoms with Crippen LogP contribution in [0.1, 0.15) is 0 Å². The monoisotopic (exact) mass is 738 g/mol. The molecule has 0 atom stereocenters. The fraction of sp³-hybridized carbons (Fsp3) is 0. The van der Waals surface area contributed by atoms with Crippen molar-refractivity contribution in [3.63, 3.8) is 0 Å². The molecule has 0 unspecified atom stereocenters. The maximum atomic E-state index is 5.45. The number of rotatable bonds is 5. The highest BCUT2D eigenvalue weighted by molar-refractivity contribution is 6.15. The van der Waals surface area contributed by atoms with Crippen molar-refractivity contribution in [3.8, 4) is 45.0 Å². The number of fused-ring (bicyclic) bond motifs is 8. The zero-order valence-corrected chi connectivity index (χ0v) is 31.4. The van der Waals surface area contributed by atoms with Crippen LogP contribution in [0.25, 0.3) is 110 Å². The molecule has 58 heavy (non-hydrogen) atoms. The Morgan fingerprint density at radius 3 is 1.60 bits per heavy atom. The van der Waals surface area contributed by atoms with E-state index in [2.05, 4.69) is 203 Å². The minimum absolute atomic E-state index is 0.807. The van der Waals surface area contributed by atoms with Crippen molar-refractivity contribution in [3.05, 3.63) is 206 Å². The fourth-order valence-corrected chi connectivity index (χ4v) is 8.94. The van der Waals surface area contributed by atoms with Crippen LogP contribution in [0.4, 0.5) is 0 Å². The number of aromatic nitrogens is 4. The van der Waals surface area contributed by atoms with Gasteiger partial charge in [-0.15, -0.1) is 0 Å². The first-order chi connectivity index (χ1) is 28.7. The zero-order chi connectivity index (χ0) is 38.2. The highest BCUT2D eigenvalue weighted by Crippen LogP contribution is 2.41. The minimum atomic E-state index is 0.807. The van der Waals surface area contributed by atoms with Crippen LogP contribution in [0.2, 0.25) is 0 Å². The Balaban J connectivity index is 1.11. The predicted molar refractivity (Wildman–Crippen MR) is 242 cm³/mol. The maximum absolute atomic E-state index is 5.45. The van der Waals surface area contributed by atoms with Gasteiger partial charge in [0.2, 0.25) is 0 Å². The summed E-state index contributed by atoms with van der Waals surface area (Å²) >= 11 is 0. The molecule has 3 heterocycles. The van der Waals surface area contributed by atoms with Crippen LogP contribution in [-0.4, -0.2) is 19.1 Å². The summed E-state index contributed by atoms with van der Waals surface area (Å²) in [5.41, 5.74) is 14.0. The summed E-state index contributed by atoms with van der Waals surface area (Å²) in [5, 5.41) is 7.21. The molecule has 0 aliphatic carbocycles. The van der Waals surface area contributed by atoms with Gasteiger partial charge in [0, 0.05) is 32.8 Å². The molecule has 0 bridgehead atoms. The zero-order valence-electron chi connectivity index (χ0n) is 31.4. The molecule has 3 aromatic heterocycles. The third-order valence-corrected chi connectivity index (χ3v) is 11.7. The third-order valence-electron chi connectivity index (χ3n) is 11.7. The SMILES string of the molecule is c1ccc(-c2cccc(-c3nc4ccccc4nc3-n3c4ccc(-c5ccc6c(c5)c5ccccc5n6-c5ccccc5)cc4c4cc5ccccc5cc43)c2)cc1. The number of hydrogen-bond donors (Lipinski definition) is 0. The quantitative estimate of drug-likeness (QED) is 0.176. The van der Waals surface area contributed by atoms with E-state index in [1.165, 1.54) is 60.0 Å². The van der Waals surface area contributed by atoms with Gasteiger partial charge in [0.05, 0.1) is 33.1 Å². The van der Waals surface area contributed by atoms with E-state index >= 15 is 0 Å². The minimum Gasteiger partial charge on any atom is -0.309 e. The van der Waals surface area contributed by atoms with Crippen LogP contribution in [-0.2, 0) is 0 Å². The van der Waals surface area contributed by atoms with Gasteiger partial charge in [-0.25, -0.2) is 9.97 Å². The molecule has 4 nitrogen and oxygen atoms in total. The average molecular weight is 739 g/mol. The smallest absolute Gasteiger partial charge is 0.165 e. The number of benzene rings is 9. The van der Waals surface area contributed by atoms with E-state index in [-0.39, 0.29) is 0 Å². The lowest BCUT2D eigenvalue weighted by Gasteiger charge is -2.15. The molecule has 0 aliphatic heterocycles. The van der Waals surface area contributed by atoms with Crippen molar-refractivity contribution in [1.82, 2.24) is 19.1 Å². The summed E-state index contributed by atoms with van der Waals surface area (Å²) in [6, 6.07) is 73.8. The Morgan fingerprint density at radius 2 is 0.828 bits per heavy atom. The van der Waals surface area contributed by atoms with Crippen molar-refractivity contribution < 1.29 is 0 Å². The molecule has 12 rings (SSSR count). The fourth-order valence-electron chi connectivity index (χ4n) is 8.94. The van der Waals surface area contributed by atoms with E-state index in [0.29, 0.717) is 0 Å². The lowest BCUT2D eigenvalue weighted by molar-refractivity contribution is 1.08. The molecule has 0 N–H and O–H groups in total. The topological polar surface area (TPSA) is 35.6 Å². The molecule has 0 aliphatic rings. The van der Waals surface area contributed by atoms with Crippen molar-refractivity contribution in [2.75, 3.05) is 0 Å². The molecule has 270 valence electrons. The largest absolute Gasteiger partial charge is 0.309 e. The summed E-state index contributed by atoms with van der Waals surface area (Å²) in [6.45, 7) is 0. The van der Waals surface area contributed by atoms with Crippen LogP contribution in [0.5, 0.6) is 0 Å². The van der Waals surface area contributed by atoms with Crippen LogP contribution in [0.15, 0.2) is 206 Å². The number of nitrogens with zero attached hydrogens (tertiary/aromatic N) is 4. The van der Waals surface area contributed by atoms with Crippen molar-refractivity contribution in [1.29, 1.82) is 0 Å². The van der Waals surface area contributed by atoms with Gasteiger partial charge in [-0.05, 0) is 106 Å². The molecule has 12 aromatic rings. The first kappa shape index (κ1) is 32.4. The Hall–Kier alpha value is -7.82. The first-order valence-electron chi connectivity index (χ1n) is 19.7. The Labute approximate surface area is 334 Å². The Bertz CT molecular complexity index is 3560. The van der Waals surface area contributed by atoms with Crippen molar-refractivity contribution in [2.45, 2.75) is 0 Å². The van der Waals surface area contributed by atoms with E-state index in [0.717, 1.165) is 50.4 Å². The second kappa shape index (κ2) is 12.9. The molecule has 0 fully saturated rings. The van der Waals surface area contributed by atoms with Gasteiger partial charge in [0.25, 0.3) is 0 Å². The molecular weight excluding hydrogens is 705 g/mol. The van der Waals surface area contributed by atoms with E-state index in [1.807, 2.05) is 12.1 Å².